The van der Waals surface area contributed by atoms with Crippen molar-refractivity contribution in [3.8, 4) is 5.75 Å². The van der Waals surface area contributed by atoms with Crippen LogP contribution < -0.4 is 5.43 Å². The van der Waals surface area contributed by atoms with Crippen LogP contribution in [0.1, 0.15) is 27.6 Å². The van der Waals surface area contributed by atoms with Crippen LogP contribution in [-0.4, -0.2) is 35.7 Å². The molecule has 0 amide bonds. The Balaban J connectivity index is 2.39. The monoisotopic (exact) mass is 316 g/mol. The minimum atomic E-state index is -1.24. The number of aldehydes is 1. The average Bonchev–Trinajstić information content (AvgIpc) is 2.54. The highest BCUT2D eigenvalue weighted by molar-refractivity contribution is 5.92. The number of carbonyl (C=O) groups excluding carboxylic acids is 2. The number of phenolic OH excluding ortho intramolecular Hbond substituents is 1. The first kappa shape index (κ1) is 15.0. The molecule has 2 aromatic rings. The summed E-state index contributed by atoms with van der Waals surface area (Å²) < 4.78 is 10.2. The summed E-state index contributed by atoms with van der Waals surface area (Å²) in [7, 11) is 1.14. The first-order valence-corrected chi connectivity index (χ1v) is 6.71. The van der Waals surface area contributed by atoms with E-state index >= 15 is 0 Å². The fourth-order valence-corrected chi connectivity index (χ4v) is 2.69. The summed E-state index contributed by atoms with van der Waals surface area (Å²) in [6, 6.07) is 2.44. The Kier molecular flexibility index (Phi) is 3.49. The largest absolute Gasteiger partial charge is 0.507 e. The molecule has 0 fully saturated rings. The zero-order valence-electron chi connectivity index (χ0n) is 12.0. The second-order valence-corrected chi connectivity index (χ2v) is 5.09. The van der Waals surface area contributed by atoms with E-state index in [4.69, 9.17) is 4.42 Å². The van der Waals surface area contributed by atoms with Crippen molar-refractivity contribution in [1.82, 2.24) is 0 Å². The Morgan fingerprint density at radius 1 is 1.39 bits per heavy atom. The number of phenols is 1. The van der Waals surface area contributed by atoms with Gasteiger partial charge in [-0.3, -0.25) is 14.4 Å². The quantitative estimate of drug-likeness (QED) is 0.626. The zero-order valence-corrected chi connectivity index (χ0v) is 12.0. The molecule has 2 N–H and O–H groups in total. The number of carbonyl (C=O) groups is 2. The minimum absolute atomic E-state index is 0.0144. The third-order valence-corrected chi connectivity index (χ3v) is 3.75. The van der Waals surface area contributed by atoms with E-state index in [0.717, 1.165) is 13.2 Å². The molecular weight excluding hydrogens is 304 g/mol. The van der Waals surface area contributed by atoms with Gasteiger partial charge < -0.3 is 19.4 Å². The summed E-state index contributed by atoms with van der Waals surface area (Å²) in [6.45, 7) is 0. The minimum Gasteiger partial charge on any atom is -0.507 e. The van der Waals surface area contributed by atoms with Gasteiger partial charge in [0.25, 0.3) is 0 Å². The fourth-order valence-electron chi connectivity index (χ4n) is 2.69. The highest BCUT2D eigenvalue weighted by Gasteiger charge is 2.36. The van der Waals surface area contributed by atoms with Gasteiger partial charge in [-0.2, -0.15) is 0 Å². The smallest absolute Gasteiger partial charge is 0.316 e. The first-order chi connectivity index (χ1) is 11.0. The highest BCUT2D eigenvalue weighted by Crippen LogP contribution is 2.33. The lowest BCUT2D eigenvalue weighted by Crippen LogP contribution is -2.33. The van der Waals surface area contributed by atoms with E-state index in [2.05, 4.69) is 4.74 Å². The molecule has 2 atom stereocenters. The van der Waals surface area contributed by atoms with Gasteiger partial charge in [0.1, 0.15) is 34.7 Å². The summed E-state index contributed by atoms with van der Waals surface area (Å²) in [4.78, 5) is 35.5. The Labute approximate surface area is 129 Å². The van der Waals surface area contributed by atoms with Gasteiger partial charge in [-0.05, 0) is 18.2 Å². The summed E-state index contributed by atoms with van der Waals surface area (Å²) in [6.07, 6.45) is 1.94. The van der Waals surface area contributed by atoms with Gasteiger partial charge in [-0.15, -0.1) is 0 Å². The normalized spacial score (nSPS) is 19.4. The fraction of sp³-hybridized carbons (Fsp3) is 0.188. The predicted octanol–water partition coefficient (Wildman–Crippen LogP) is 0.955. The van der Waals surface area contributed by atoms with Crippen molar-refractivity contribution < 1.29 is 29.0 Å². The number of ether oxygens (including phenoxy) is 1. The molecule has 3 rings (SSSR count). The van der Waals surface area contributed by atoms with Crippen LogP contribution in [0, 0.1) is 0 Å². The molecule has 0 saturated carbocycles. The summed E-state index contributed by atoms with van der Waals surface area (Å²) in [5.74, 6) is -2.40. The maximum absolute atomic E-state index is 12.7. The Bertz CT molecular complexity index is 907. The second kappa shape index (κ2) is 5.36. The van der Waals surface area contributed by atoms with Crippen LogP contribution in [0.25, 0.3) is 17.0 Å². The average molecular weight is 316 g/mol. The zero-order chi connectivity index (χ0) is 16.7. The van der Waals surface area contributed by atoms with Gasteiger partial charge in [0.15, 0.2) is 0 Å². The first-order valence-electron chi connectivity index (χ1n) is 6.71. The van der Waals surface area contributed by atoms with Crippen LogP contribution in [0.2, 0.25) is 0 Å². The lowest BCUT2D eigenvalue weighted by atomic mass is 9.87. The molecule has 1 heterocycles. The summed E-state index contributed by atoms with van der Waals surface area (Å²) in [5, 5.41) is 19.8. The number of benzene rings is 1. The van der Waals surface area contributed by atoms with Crippen molar-refractivity contribution in [2.24, 2.45) is 0 Å². The summed E-state index contributed by atoms with van der Waals surface area (Å²) >= 11 is 0. The maximum Gasteiger partial charge on any atom is 0.316 e. The van der Waals surface area contributed by atoms with Gasteiger partial charge >= 0.3 is 5.97 Å². The van der Waals surface area contributed by atoms with E-state index in [1.165, 1.54) is 18.2 Å². The van der Waals surface area contributed by atoms with E-state index in [1.54, 1.807) is 0 Å². The maximum atomic E-state index is 12.7. The number of methoxy groups -OCH3 is 1. The number of esters is 1. The molecule has 1 aromatic carbocycles. The van der Waals surface area contributed by atoms with Crippen LogP contribution in [0.5, 0.6) is 5.75 Å². The van der Waals surface area contributed by atoms with Crippen molar-refractivity contribution >= 4 is 29.3 Å². The Morgan fingerprint density at radius 3 is 2.78 bits per heavy atom. The van der Waals surface area contributed by atoms with Crippen LogP contribution >= 0.6 is 0 Å². The third-order valence-electron chi connectivity index (χ3n) is 3.75. The molecule has 1 aliphatic rings. The van der Waals surface area contributed by atoms with Crippen molar-refractivity contribution in [2.45, 2.75) is 12.0 Å². The molecule has 7 heteroatoms. The topological polar surface area (TPSA) is 114 Å². The van der Waals surface area contributed by atoms with E-state index < -0.39 is 29.2 Å². The van der Waals surface area contributed by atoms with Crippen LogP contribution in [0.4, 0.5) is 0 Å². The Morgan fingerprint density at radius 2 is 2.13 bits per heavy atom. The lowest BCUT2D eigenvalue weighted by molar-refractivity contribution is -0.144. The molecule has 118 valence electrons. The van der Waals surface area contributed by atoms with Gasteiger partial charge in [0, 0.05) is 5.56 Å². The number of aromatic hydroxyl groups is 1. The van der Waals surface area contributed by atoms with Gasteiger partial charge in [0.2, 0.25) is 5.43 Å². The summed E-state index contributed by atoms with van der Waals surface area (Å²) in [5.41, 5.74) is -0.591. The highest BCUT2D eigenvalue weighted by atomic mass is 16.5. The molecule has 2 unspecified atom stereocenters. The van der Waals surface area contributed by atoms with Crippen LogP contribution in [0.15, 0.2) is 27.4 Å². The lowest BCUT2D eigenvalue weighted by Gasteiger charge is -2.23. The van der Waals surface area contributed by atoms with Crippen LogP contribution in [0.3, 0.4) is 0 Å². The molecule has 0 aliphatic heterocycles. The van der Waals surface area contributed by atoms with E-state index in [0.29, 0.717) is 6.29 Å². The van der Waals surface area contributed by atoms with Crippen LogP contribution in [-0.2, 0) is 9.53 Å². The third kappa shape index (κ3) is 2.22. The molecule has 0 spiro atoms. The van der Waals surface area contributed by atoms with Crippen molar-refractivity contribution in [2.75, 3.05) is 7.11 Å². The van der Waals surface area contributed by atoms with Crippen molar-refractivity contribution in [3.05, 3.63) is 45.3 Å². The molecule has 23 heavy (non-hydrogen) atoms. The SMILES string of the molecule is COC(=O)C1c2c(oc3cc(C=O)cc(O)c3c2=O)C=CC1O. The standard InChI is InChI=1S/C16H12O7/c1-22-16(21)13-8(18)2-3-10-14(13)15(20)12-9(19)4-7(6-17)5-11(12)23-10/h2-6,8,13,18-19H,1H3. The number of rotatable bonds is 2. The molecule has 1 aromatic heterocycles. The van der Waals surface area contributed by atoms with Crippen molar-refractivity contribution in [3.63, 3.8) is 0 Å². The molecule has 0 saturated heterocycles. The predicted molar refractivity (Wildman–Crippen MR) is 79.3 cm³/mol. The van der Waals surface area contributed by atoms with E-state index in [-0.39, 0.29) is 27.9 Å². The molecule has 1 aliphatic carbocycles. The van der Waals surface area contributed by atoms with Gasteiger partial charge in [0.05, 0.1) is 18.8 Å². The number of hydrogen-bond donors (Lipinski definition) is 2. The number of aliphatic hydroxyl groups is 1. The van der Waals surface area contributed by atoms with E-state index in [1.807, 2.05) is 0 Å². The second-order valence-electron chi connectivity index (χ2n) is 5.09. The van der Waals surface area contributed by atoms with Gasteiger partial charge in [-0.25, -0.2) is 0 Å². The number of hydrogen-bond acceptors (Lipinski definition) is 7. The number of aliphatic hydroxyl groups excluding tert-OH is 1. The molecular formula is C16H12O7. The van der Waals surface area contributed by atoms with E-state index in [9.17, 15) is 24.6 Å². The molecule has 0 radical (unpaired) electrons. The van der Waals surface area contributed by atoms with Crippen molar-refractivity contribution in [1.29, 1.82) is 0 Å². The number of fused-ring (bicyclic) bond motifs is 2. The van der Waals surface area contributed by atoms with Gasteiger partial charge in [-0.1, -0.05) is 6.08 Å². The molecule has 7 nitrogen and oxygen atoms in total. The Hall–Kier alpha value is -2.93. The molecule has 0 bridgehead atoms.